The molecule has 8 nitrogen and oxygen atoms in total. The van der Waals surface area contributed by atoms with Gasteiger partial charge in [0.25, 0.3) is 5.88 Å². The highest BCUT2D eigenvalue weighted by Crippen LogP contribution is 2.37. The van der Waals surface area contributed by atoms with Crippen LogP contribution >= 0.6 is 0 Å². The molecule has 132 valence electrons. The molecule has 4 heterocycles. The summed E-state index contributed by atoms with van der Waals surface area (Å²) in [6, 6.07) is 5.29. The zero-order chi connectivity index (χ0) is 18.1. The van der Waals surface area contributed by atoms with Crippen LogP contribution < -0.4 is 14.4 Å². The van der Waals surface area contributed by atoms with Crippen molar-refractivity contribution in [3.63, 3.8) is 0 Å². The van der Waals surface area contributed by atoms with E-state index in [1.807, 2.05) is 23.1 Å². The zero-order valence-electron chi connectivity index (χ0n) is 14.3. The molecule has 0 aromatic carbocycles. The van der Waals surface area contributed by atoms with Crippen LogP contribution in [0.25, 0.3) is 11.3 Å². The molecule has 1 aliphatic rings. The Balaban J connectivity index is 1.71. The predicted molar refractivity (Wildman–Crippen MR) is 94.1 cm³/mol. The van der Waals surface area contributed by atoms with Crippen molar-refractivity contribution in [2.24, 2.45) is 0 Å². The summed E-state index contributed by atoms with van der Waals surface area (Å²) in [4.78, 5) is 22.6. The molecule has 1 unspecified atom stereocenters. The third kappa shape index (κ3) is 2.55. The third-order valence-corrected chi connectivity index (χ3v) is 4.46. The van der Waals surface area contributed by atoms with Crippen molar-refractivity contribution in [3.05, 3.63) is 48.0 Å². The number of fused-ring (bicyclic) bond motifs is 1. The largest absolute Gasteiger partial charge is 0.491 e. The fourth-order valence-electron chi connectivity index (χ4n) is 3.17. The van der Waals surface area contributed by atoms with E-state index in [0.717, 1.165) is 34.5 Å². The number of methoxy groups -OCH3 is 2. The molecule has 0 spiro atoms. The molecule has 0 aliphatic carbocycles. The summed E-state index contributed by atoms with van der Waals surface area (Å²) in [7, 11) is 3.11. The van der Waals surface area contributed by atoms with E-state index in [1.165, 1.54) is 0 Å². The molecule has 1 aliphatic heterocycles. The number of aromatic amines is 1. The first kappa shape index (κ1) is 16.1. The maximum absolute atomic E-state index is 11.6. The van der Waals surface area contributed by atoms with Crippen molar-refractivity contribution in [1.29, 1.82) is 0 Å². The Hall–Kier alpha value is -3.42. The summed E-state index contributed by atoms with van der Waals surface area (Å²) in [5.74, 6) is 0.961. The van der Waals surface area contributed by atoms with Crippen LogP contribution in [0.3, 0.4) is 0 Å². The highest BCUT2D eigenvalue weighted by atomic mass is 16.5. The summed E-state index contributed by atoms with van der Waals surface area (Å²) in [5, 5.41) is 6.74. The summed E-state index contributed by atoms with van der Waals surface area (Å²) >= 11 is 0. The number of H-pyrrole nitrogens is 1. The zero-order valence-corrected chi connectivity index (χ0v) is 14.3. The van der Waals surface area contributed by atoms with E-state index in [1.54, 1.807) is 32.8 Å². The first-order chi connectivity index (χ1) is 12.7. The summed E-state index contributed by atoms with van der Waals surface area (Å²) in [6.07, 6.45) is 6.08. The Kier molecular flexibility index (Phi) is 4.00. The number of anilines is 1. The van der Waals surface area contributed by atoms with Gasteiger partial charge in [-0.2, -0.15) is 5.10 Å². The van der Waals surface area contributed by atoms with Gasteiger partial charge in [-0.1, -0.05) is 6.07 Å². The summed E-state index contributed by atoms with van der Waals surface area (Å²) in [5.41, 5.74) is 4.19. The second-order valence-corrected chi connectivity index (χ2v) is 5.83. The molecule has 4 rings (SSSR count). The Labute approximate surface area is 149 Å². The van der Waals surface area contributed by atoms with Crippen LogP contribution in [-0.4, -0.2) is 40.7 Å². The second-order valence-electron chi connectivity index (χ2n) is 5.83. The van der Waals surface area contributed by atoms with E-state index >= 15 is 0 Å². The molecule has 3 aromatic heterocycles. The monoisotopic (exact) mass is 351 g/mol. The van der Waals surface area contributed by atoms with E-state index < -0.39 is 0 Å². The van der Waals surface area contributed by atoms with E-state index in [4.69, 9.17) is 14.5 Å². The van der Waals surface area contributed by atoms with Gasteiger partial charge in [0.2, 0.25) is 0 Å². The maximum atomic E-state index is 11.6. The lowest BCUT2D eigenvalue weighted by Gasteiger charge is -2.20. The smallest absolute Gasteiger partial charge is 0.256 e. The number of hydrogen-bond acceptors (Lipinski definition) is 7. The number of carbonyl (C=O) groups excluding carboxylic acids is 1. The SMILES string of the molecule is COc1cc(-c2ccc3c(n2)CN(c2cn[nH]c2)C3C=O)cnc1OC. The number of pyridine rings is 2. The molecule has 0 saturated carbocycles. The van der Waals surface area contributed by atoms with Crippen LogP contribution in [-0.2, 0) is 11.3 Å². The number of aromatic nitrogens is 4. The molecule has 0 fully saturated rings. The van der Waals surface area contributed by atoms with Gasteiger partial charge in [0.15, 0.2) is 5.75 Å². The van der Waals surface area contributed by atoms with Crippen molar-refractivity contribution < 1.29 is 14.3 Å². The maximum Gasteiger partial charge on any atom is 0.256 e. The third-order valence-electron chi connectivity index (χ3n) is 4.46. The Bertz CT molecular complexity index is 942. The first-order valence-electron chi connectivity index (χ1n) is 8.04. The van der Waals surface area contributed by atoms with Crippen LogP contribution in [0.4, 0.5) is 5.69 Å². The Morgan fingerprint density at radius 1 is 1.27 bits per heavy atom. The van der Waals surface area contributed by atoms with Crippen LogP contribution in [0.15, 0.2) is 36.8 Å². The van der Waals surface area contributed by atoms with Crippen molar-refractivity contribution in [3.8, 4) is 22.9 Å². The molecule has 0 radical (unpaired) electrons. The van der Waals surface area contributed by atoms with E-state index in [2.05, 4.69) is 15.2 Å². The fraction of sp³-hybridized carbons (Fsp3) is 0.222. The molecule has 1 atom stereocenters. The van der Waals surface area contributed by atoms with Crippen LogP contribution in [0.1, 0.15) is 17.3 Å². The molecule has 0 bridgehead atoms. The number of carbonyl (C=O) groups is 1. The van der Waals surface area contributed by atoms with Gasteiger partial charge in [-0.15, -0.1) is 0 Å². The topological polar surface area (TPSA) is 93.2 Å². The minimum atomic E-state index is -0.368. The van der Waals surface area contributed by atoms with Gasteiger partial charge < -0.3 is 19.2 Å². The lowest BCUT2D eigenvalue weighted by molar-refractivity contribution is -0.108. The highest BCUT2D eigenvalue weighted by molar-refractivity contribution is 5.73. The van der Waals surface area contributed by atoms with Gasteiger partial charge in [-0.3, -0.25) is 10.1 Å². The summed E-state index contributed by atoms with van der Waals surface area (Å²) < 4.78 is 10.5. The van der Waals surface area contributed by atoms with Gasteiger partial charge >= 0.3 is 0 Å². The lowest BCUT2D eigenvalue weighted by Crippen LogP contribution is -2.21. The average Bonchev–Trinajstić information content (AvgIpc) is 3.33. The van der Waals surface area contributed by atoms with Crippen molar-refractivity contribution in [2.75, 3.05) is 19.1 Å². The molecule has 3 aromatic rings. The second kappa shape index (κ2) is 6.47. The molecule has 0 amide bonds. The Morgan fingerprint density at radius 3 is 2.85 bits per heavy atom. The lowest BCUT2D eigenvalue weighted by atomic mass is 10.1. The number of hydrogen-bond donors (Lipinski definition) is 1. The quantitative estimate of drug-likeness (QED) is 0.704. The number of nitrogens with one attached hydrogen (secondary N) is 1. The molecular weight excluding hydrogens is 334 g/mol. The van der Waals surface area contributed by atoms with Gasteiger partial charge in [0, 0.05) is 23.5 Å². The normalized spacial score (nSPS) is 15.6. The van der Waals surface area contributed by atoms with Gasteiger partial charge in [-0.25, -0.2) is 4.98 Å². The standard InChI is InChI=1S/C18H17N5O3/c1-25-17-5-11(6-19-18(17)26-2)14-4-3-13-15(22-14)9-23(16(13)10-24)12-7-20-21-8-12/h3-8,10,16H,9H2,1-2H3,(H,20,21). The number of rotatable bonds is 5. The molecule has 8 heteroatoms. The van der Waals surface area contributed by atoms with Crippen molar-refractivity contribution >= 4 is 12.0 Å². The minimum absolute atomic E-state index is 0.368. The minimum Gasteiger partial charge on any atom is -0.491 e. The first-order valence-corrected chi connectivity index (χ1v) is 8.04. The predicted octanol–water partition coefficient (Wildman–Crippen LogP) is 2.14. The van der Waals surface area contributed by atoms with E-state index in [0.29, 0.717) is 18.2 Å². The van der Waals surface area contributed by atoms with Crippen molar-refractivity contribution in [1.82, 2.24) is 20.2 Å². The van der Waals surface area contributed by atoms with Gasteiger partial charge in [-0.05, 0) is 12.1 Å². The Morgan fingerprint density at radius 2 is 2.15 bits per heavy atom. The van der Waals surface area contributed by atoms with Gasteiger partial charge in [0.05, 0.1) is 44.0 Å². The number of ether oxygens (including phenoxy) is 2. The summed E-state index contributed by atoms with van der Waals surface area (Å²) in [6.45, 7) is 0.535. The van der Waals surface area contributed by atoms with Crippen LogP contribution in [0.5, 0.6) is 11.6 Å². The van der Waals surface area contributed by atoms with Crippen LogP contribution in [0.2, 0.25) is 0 Å². The fourth-order valence-corrected chi connectivity index (χ4v) is 3.17. The number of aldehydes is 1. The van der Waals surface area contributed by atoms with Gasteiger partial charge in [0.1, 0.15) is 12.3 Å². The van der Waals surface area contributed by atoms with Crippen LogP contribution in [0, 0.1) is 0 Å². The number of nitrogens with zero attached hydrogens (tertiary/aromatic N) is 4. The van der Waals surface area contributed by atoms with Crippen molar-refractivity contribution in [2.45, 2.75) is 12.6 Å². The molecular formula is C18H17N5O3. The molecule has 1 N–H and O–H groups in total. The highest BCUT2D eigenvalue weighted by Gasteiger charge is 2.32. The molecule has 26 heavy (non-hydrogen) atoms. The molecule has 0 saturated heterocycles. The van der Waals surface area contributed by atoms with E-state index in [-0.39, 0.29) is 6.04 Å². The van der Waals surface area contributed by atoms with E-state index in [9.17, 15) is 4.79 Å². The average molecular weight is 351 g/mol.